The van der Waals surface area contributed by atoms with Gasteiger partial charge in [-0.15, -0.1) is 0 Å². The SMILES string of the molecule is CCN(C(C)CN(C)C)C(C)C(C)CNC(C)(C)C. The Hall–Kier alpha value is -0.120. The smallest absolute Gasteiger partial charge is 0.0197 e. The van der Waals surface area contributed by atoms with Gasteiger partial charge in [-0.25, -0.2) is 0 Å². The summed E-state index contributed by atoms with van der Waals surface area (Å²) in [4.78, 5) is 4.90. The second-order valence-electron chi connectivity index (χ2n) is 7.29. The third-order valence-corrected chi connectivity index (χ3v) is 3.86. The van der Waals surface area contributed by atoms with Crippen LogP contribution in [0.25, 0.3) is 0 Å². The van der Waals surface area contributed by atoms with Crippen LogP contribution in [0.3, 0.4) is 0 Å². The quantitative estimate of drug-likeness (QED) is 0.732. The van der Waals surface area contributed by atoms with E-state index < -0.39 is 0 Å². The Balaban J connectivity index is 4.43. The third-order valence-electron chi connectivity index (χ3n) is 3.86. The lowest BCUT2D eigenvalue weighted by atomic mass is 9.98. The molecule has 0 aromatic heterocycles. The fourth-order valence-corrected chi connectivity index (χ4v) is 2.60. The fraction of sp³-hybridized carbons (Fsp3) is 1.00. The van der Waals surface area contributed by atoms with Crippen molar-refractivity contribution < 1.29 is 0 Å². The maximum Gasteiger partial charge on any atom is 0.0197 e. The van der Waals surface area contributed by atoms with E-state index in [0.29, 0.717) is 18.0 Å². The van der Waals surface area contributed by atoms with Crippen molar-refractivity contribution in [2.75, 3.05) is 33.7 Å². The molecule has 0 aliphatic rings. The molecule has 0 bridgehead atoms. The molecule has 0 saturated heterocycles. The summed E-state index contributed by atoms with van der Waals surface area (Å²) in [6.07, 6.45) is 0. The molecule has 0 fully saturated rings. The Morgan fingerprint density at radius 2 is 1.58 bits per heavy atom. The maximum absolute atomic E-state index is 3.62. The predicted octanol–water partition coefficient (Wildman–Crippen LogP) is 2.67. The minimum absolute atomic E-state index is 0.209. The monoisotopic (exact) mass is 271 g/mol. The Bertz CT molecular complexity index is 233. The van der Waals surface area contributed by atoms with Crippen molar-refractivity contribution in [3.8, 4) is 0 Å². The van der Waals surface area contributed by atoms with E-state index in [1.54, 1.807) is 0 Å². The molecule has 0 rings (SSSR count). The van der Waals surface area contributed by atoms with Gasteiger partial charge in [-0.05, 0) is 67.7 Å². The third kappa shape index (κ3) is 7.91. The van der Waals surface area contributed by atoms with Crippen LogP contribution in [0.1, 0.15) is 48.5 Å². The first-order valence-corrected chi connectivity index (χ1v) is 7.74. The average molecular weight is 271 g/mol. The summed E-state index contributed by atoms with van der Waals surface area (Å²) >= 11 is 0. The molecule has 3 heteroatoms. The van der Waals surface area contributed by atoms with Crippen molar-refractivity contribution >= 4 is 0 Å². The zero-order valence-corrected chi connectivity index (χ0v) is 14.7. The molecule has 1 N–H and O–H groups in total. The number of hydrogen-bond donors (Lipinski definition) is 1. The van der Waals surface area contributed by atoms with Crippen molar-refractivity contribution in [3.63, 3.8) is 0 Å². The lowest BCUT2D eigenvalue weighted by molar-refractivity contribution is 0.102. The molecule has 0 heterocycles. The number of nitrogens with one attached hydrogen (secondary N) is 1. The normalized spacial score (nSPS) is 17.8. The van der Waals surface area contributed by atoms with Crippen LogP contribution in [-0.2, 0) is 0 Å². The Labute approximate surface area is 121 Å². The van der Waals surface area contributed by atoms with E-state index in [4.69, 9.17) is 0 Å². The first-order chi connectivity index (χ1) is 8.58. The summed E-state index contributed by atoms with van der Waals surface area (Å²) in [6, 6.07) is 1.21. The largest absolute Gasteiger partial charge is 0.312 e. The van der Waals surface area contributed by atoms with Gasteiger partial charge in [0.25, 0.3) is 0 Å². The van der Waals surface area contributed by atoms with E-state index in [2.05, 4.69) is 77.7 Å². The van der Waals surface area contributed by atoms with Crippen molar-refractivity contribution in [1.29, 1.82) is 0 Å². The van der Waals surface area contributed by atoms with Crippen LogP contribution in [0.5, 0.6) is 0 Å². The summed E-state index contributed by atoms with van der Waals surface area (Å²) in [7, 11) is 4.30. The molecular formula is C16H37N3. The number of likely N-dealkylation sites (N-methyl/N-ethyl adjacent to an activating group) is 2. The molecule has 0 spiro atoms. The maximum atomic E-state index is 3.62. The lowest BCUT2D eigenvalue weighted by Gasteiger charge is -2.39. The second kappa shape index (κ2) is 8.23. The molecule has 0 aromatic carbocycles. The molecule has 0 saturated carbocycles. The van der Waals surface area contributed by atoms with Crippen LogP contribution in [0.15, 0.2) is 0 Å². The standard InChI is InChI=1S/C16H37N3/c1-10-19(14(3)12-18(8)9)15(4)13(2)11-17-16(5,6)7/h13-15,17H,10-12H2,1-9H3. The second-order valence-corrected chi connectivity index (χ2v) is 7.29. The molecule has 116 valence electrons. The molecule has 0 radical (unpaired) electrons. The summed E-state index contributed by atoms with van der Waals surface area (Å²) in [6.45, 7) is 19.4. The van der Waals surface area contributed by atoms with Crippen LogP contribution in [0.2, 0.25) is 0 Å². The Kier molecular flexibility index (Phi) is 8.18. The predicted molar refractivity (Wildman–Crippen MR) is 86.8 cm³/mol. The van der Waals surface area contributed by atoms with Gasteiger partial charge in [-0.2, -0.15) is 0 Å². The van der Waals surface area contributed by atoms with E-state index in [1.165, 1.54) is 0 Å². The van der Waals surface area contributed by atoms with Gasteiger partial charge in [0, 0.05) is 24.2 Å². The van der Waals surface area contributed by atoms with E-state index >= 15 is 0 Å². The van der Waals surface area contributed by atoms with Gasteiger partial charge in [-0.1, -0.05) is 13.8 Å². The lowest BCUT2D eigenvalue weighted by Crippen LogP contribution is -2.50. The highest BCUT2D eigenvalue weighted by Gasteiger charge is 2.24. The van der Waals surface area contributed by atoms with Gasteiger partial charge in [0.05, 0.1) is 0 Å². The molecule has 0 aliphatic carbocycles. The topological polar surface area (TPSA) is 18.5 Å². The van der Waals surface area contributed by atoms with Crippen LogP contribution in [-0.4, -0.2) is 61.2 Å². The highest BCUT2D eigenvalue weighted by atomic mass is 15.2. The Morgan fingerprint density at radius 3 is 1.95 bits per heavy atom. The summed E-state index contributed by atoms with van der Waals surface area (Å²) < 4.78 is 0. The molecular weight excluding hydrogens is 234 g/mol. The van der Waals surface area contributed by atoms with E-state index in [9.17, 15) is 0 Å². The average Bonchev–Trinajstić information content (AvgIpc) is 2.24. The molecule has 19 heavy (non-hydrogen) atoms. The minimum Gasteiger partial charge on any atom is -0.312 e. The number of nitrogens with zero attached hydrogens (tertiary/aromatic N) is 2. The van der Waals surface area contributed by atoms with Crippen molar-refractivity contribution in [2.24, 2.45) is 5.92 Å². The minimum atomic E-state index is 0.209. The Morgan fingerprint density at radius 1 is 1.05 bits per heavy atom. The van der Waals surface area contributed by atoms with E-state index in [0.717, 1.165) is 19.6 Å². The van der Waals surface area contributed by atoms with Crippen LogP contribution in [0, 0.1) is 5.92 Å². The van der Waals surface area contributed by atoms with Crippen molar-refractivity contribution in [3.05, 3.63) is 0 Å². The van der Waals surface area contributed by atoms with Gasteiger partial charge >= 0.3 is 0 Å². The molecule has 0 amide bonds. The van der Waals surface area contributed by atoms with Gasteiger partial charge in [0.15, 0.2) is 0 Å². The number of hydrogen-bond acceptors (Lipinski definition) is 3. The van der Waals surface area contributed by atoms with Crippen molar-refractivity contribution in [2.45, 2.75) is 66.1 Å². The van der Waals surface area contributed by atoms with Gasteiger partial charge in [0.1, 0.15) is 0 Å². The molecule has 0 aliphatic heterocycles. The molecule has 3 nitrogen and oxygen atoms in total. The zero-order chi connectivity index (χ0) is 15.2. The highest BCUT2D eigenvalue weighted by molar-refractivity contribution is 4.81. The van der Waals surface area contributed by atoms with Crippen molar-refractivity contribution in [1.82, 2.24) is 15.1 Å². The van der Waals surface area contributed by atoms with Gasteiger partial charge in [0.2, 0.25) is 0 Å². The van der Waals surface area contributed by atoms with Crippen LogP contribution in [0.4, 0.5) is 0 Å². The summed E-state index contributed by atoms with van der Waals surface area (Å²) in [5.74, 6) is 0.656. The number of rotatable bonds is 8. The fourth-order valence-electron chi connectivity index (χ4n) is 2.60. The summed E-state index contributed by atoms with van der Waals surface area (Å²) in [5, 5.41) is 3.62. The highest BCUT2D eigenvalue weighted by Crippen LogP contribution is 2.15. The zero-order valence-electron chi connectivity index (χ0n) is 14.7. The van der Waals surface area contributed by atoms with E-state index in [1.807, 2.05) is 0 Å². The first-order valence-electron chi connectivity index (χ1n) is 7.74. The molecule has 3 atom stereocenters. The van der Waals surface area contributed by atoms with Gasteiger partial charge in [-0.3, -0.25) is 4.90 Å². The molecule has 0 aromatic rings. The van der Waals surface area contributed by atoms with Crippen LogP contribution >= 0.6 is 0 Å². The first kappa shape index (κ1) is 18.9. The van der Waals surface area contributed by atoms with Gasteiger partial charge < -0.3 is 10.2 Å². The van der Waals surface area contributed by atoms with E-state index in [-0.39, 0.29) is 5.54 Å². The van der Waals surface area contributed by atoms with Crippen LogP contribution < -0.4 is 5.32 Å². The molecule has 3 unspecified atom stereocenters. The summed E-state index contributed by atoms with van der Waals surface area (Å²) in [5.41, 5.74) is 0.209.